The highest BCUT2D eigenvalue weighted by atomic mass is 32.2. The second-order valence-corrected chi connectivity index (χ2v) is 11.2. The van der Waals surface area contributed by atoms with E-state index in [9.17, 15) is 13.7 Å². The molecule has 6 heteroatoms. The van der Waals surface area contributed by atoms with Gasteiger partial charge >= 0.3 is 0 Å². The lowest BCUT2D eigenvalue weighted by Crippen LogP contribution is -2.51. The maximum absolute atomic E-state index is 12.6. The standard InChI is InChI=1S/C25H27NO4S/c1-19-2-8-22(9-3-19)31(27,28)30-18-23-10-14-25(15-11-23,29-17-23)21-6-4-20(5-7-21)24(16-26)12-13-24/h2-9H,10-15,17-18H2,1H3. The van der Waals surface area contributed by atoms with E-state index in [-0.39, 0.29) is 27.9 Å². The Morgan fingerprint density at radius 1 is 0.935 bits per heavy atom. The first-order chi connectivity index (χ1) is 14.8. The third-order valence-electron chi connectivity index (χ3n) is 7.53. The summed E-state index contributed by atoms with van der Waals surface area (Å²) in [5.41, 5.74) is 2.44. The molecule has 2 aliphatic carbocycles. The molecule has 162 valence electrons. The van der Waals surface area contributed by atoms with E-state index in [2.05, 4.69) is 30.3 Å². The molecule has 31 heavy (non-hydrogen) atoms. The molecular formula is C25H27NO4S. The fraction of sp³-hybridized carbons (Fsp3) is 0.480. The van der Waals surface area contributed by atoms with Gasteiger partial charge in [-0.3, -0.25) is 4.18 Å². The molecule has 4 aliphatic rings. The maximum Gasteiger partial charge on any atom is 0.296 e. The normalized spacial score (nSPS) is 28.8. The van der Waals surface area contributed by atoms with Gasteiger partial charge in [0.2, 0.25) is 0 Å². The molecular weight excluding hydrogens is 410 g/mol. The summed E-state index contributed by atoms with van der Waals surface area (Å²) >= 11 is 0. The van der Waals surface area contributed by atoms with Crippen LogP contribution in [0.1, 0.15) is 55.2 Å². The number of hydrogen-bond acceptors (Lipinski definition) is 5. The fourth-order valence-electron chi connectivity index (χ4n) is 4.98. The smallest absolute Gasteiger partial charge is 0.296 e. The Labute approximate surface area is 184 Å². The van der Waals surface area contributed by atoms with E-state index in [1.165, 1.54) is 0 Å². The van der Waals surface area contributed by atoms with Gasteiger partial charge in [0.25, 0.3) is 10.1 Å². The van der Waals surface area contributed by atoms with Crippen LogP contribution in [-0.2, 0) is 30.1 Å². The lowest BCUT2D eigenvalue weighted by atomic mass is 9.64. The number of aryl methyl sites for hydroxylation is 1. The molecule has 0 aromatic heterocycles. The molecule has 2 aliphatic heterocycles. The Bertz CT molecular complexity index is 1100. The van der Waals surface area contributed by atoms with Crippen molar-refractivity contribution >= 4 is 10.1 Å². The minimum Gasteiger partial charge on any atom is -0.370 e. The number of nitrogens with zero attached hydrogens (tertiary/aromatic N) is 1. The van der Waals surface area contributed by atoms with Crippen LogP contribution >= 0.6 is 0 Å². The average molecular weight is 438 g/mol. The molecule has 0 N–H and O–H groups in total. The van der Waals surface area contributed by atoms with Crippen LogP contribution in [0.5, 0.6) is 0 Å². The highest BCUT2D eigenvalue weighted by Gasteiger charge is 2.51. The summed E-state index contributed by atoms with van der Waals surface area (Å²) in [6, 6.07) is 17.6. The third kappa shape index (κ3) is 3.59. The van der Waals surface area contributed by atoms with Gasteiger partial charge in [-0.15, -0.1) is 0 Å². The van der Waals surface area contributed by atoms with Crippen LogP contribution in [0, 0.1) is 23.7 Å². The first-order valence-electron chi connectivity index (χ1n) is 10.9. The Kier molecular flexibility index (Phi) is 4.78. The molecule has 4 fully saturated rings. The van der Waals surface area contributed by atoms with Crippen LogP contribution in [0.15, 0.2) is 53.4 Å². The first kappa shape index (κ1) is 20.7. The van der Waals surface area contributed by atoms with Gasteiger partial charge in [-0.25, -0.2) is 0 Å². The van der Waals surface area contributed by atoms with Gasteiger partial charge in [0.05, 0.1) is 35.2 Å². The molecule has 0 unspecified atom stereocenters. The molecule has 0 radical (unpaired) electrons. The second-order valence-electron chi connectivity index (χ2n) is 9.58. The van der Waals surface area contributed by atoms with Crippen LogP contribution in [0.25, 0.3) is 0 Å². The third-order valence-corrected chi connectivity index (χ3v) is 8.81. The van der Waals surface area contributed by atoms with E-state index in [1.807, 2.05) is 6.92 Å². The van der Waals surface area contributed by atoms with E-state index < -0.39 is 10.1 Å². The second kappa shape index (κ2) is 7.16. The van der Waals surface area contributed by atoms with Crippen molar-refractivity contribution in [1.29, 1.82) is 5.26 Å². The molecule has 6 rings (SSSR count). The molecule has 5 nitrogen and oxygen atoms in total. The lowest BCUT2D eigenvalue weighted by Gasteiger charge is -2.53. The van der Waals surface area contributed by atoms with Gasteiger partial charge < -0.3 is 4.74 Å². The number of ether oxygens (including phenoxy) is 1. The number of benzene rings is 2. The summed E-state index contributed by atoms with van der Waals surface area (Å²) in [5.74, 6) is 0. The first-order valence-corrected chi connectivity index (χ1v) is 12.3. The summed E-state index contributed by atoms with van der Waals surface area (Å²) in [5, 5.41) is 9.42. The Morgan fingerprint density at radius 2 is 1.55 bits per heavy atom. The minimum absolute atomic E-state index is 0.156. The molecule has 2 heterocycles. The predicted molar refractivity (Wildman–Crippen MR) is 116 cm³/mol. The summed E-state index contributed by atoms with van der Waals surface area (Å²) < 4.78 is 37.1. The van der Waals surface area contributed by atoms with E-state index in [4.69, 9.17) is 8.92 Å². The summed E-state index contributed by atoms with van der Waals surface area (Å²) in [7, 11) is -3.77. The fourth-order valence-corrected chi connectivity index (χ4v) is 5.99. The van der Waals surface area contributed by atoms with Crippen LogP contribution in [-0.4, -0.2) is 21.6 Å². The zero-order valence-corrected chi connectivity index (χ0v) is 18.6. The Hall–Kier alpha value is -2.20. The molecule has 2 aromatic rings. The predicted octanol–water partition coefficient (Wildman–Crippen LogP) is 4.74. The lowest BCUT2D eigenvalue weighted by molar-refractivity contribution is -0.197. The molecule has 0 spiro atoms. The highest BCUT2D eigenvalue weighted by Crippen LogP contribution is 2.54. The van der Waals surface area contributed by atoms with Crippen molar-refractivity contribution in [1.82, 2.24) is 0 Å². The maximum atomic E-state index is 12.6. The van der Waals surface area contributed by atoms with Gasteiger partial charge in [-0.1, -0.05) is 42.0 Å². The average Bonchev–Trinajstić information content (AvgIpc) is 3.61. The van der Waals surface area contributed by atoms with Gasteiger partial charge in [-0.2, -0.15) is 13.7 Å². The van der Waals surface area contributed by atoms with Gasteiger partial charge in [0.15, 0.2) is 0 Å². The van der Waals surface area contributed by atoms with Crippen molar-refractivity contribution in [3.63, 3.8) is 0 Å². The highest BCUT2D eigenvalue weighted by molar-refractivity contribution is 7.86. The number of hydrogen-bond donors (Lipinski definition) is 0. The van der Waals surface area contributed by atoms with E-state index >= 15 is 0 Å². The van der Waals surface area contributed by atoms with Crippen molar-refractivity contribution in [2.75, 3.05) is 13.2 Å². The number of rotatable bonds is 6. The van der Waals surface area contributed by atoms with Gasteiger partial charge in [-0.05, 0) is 68.7 Å². The van der Waals surface area contributed by atoms with Crippen molar-refractivity contribution in [3.8, 4) is 6.07 Å². The molecule has 2 saturated carbocycles. The zero-order valence-electron chi connectivity index (χ0n) is 17.8. The van der Waals surface area contributed by atoms with Crippen LogP contribution < -0.4 is 0 Å². The van der Waals surface area contributed by atoms with Crippen LogP contribution in [0.4, 0.5) is 0 Å². The Morgan fingerprint density at radius 3 is 2.06 bits per heavy atom. The van der Waals surface area contributed by atoms with Crippen LogP contribution in [0.3, 0.4) is 0 Å². The topological polar surface area (TPSA) is 76.4 Å². The largest absolute Gasteiger partial charge is 0.370 e. The SMILES string of the molecule is Cc1ccc(S(=O)(=O)OCC23CCC(c4ccc(C5(C#N)CC5)cc4)(CC2)OC3)cc1. The summed E-state index contributed by atoms with van der Waals surface area (Å²) in [6.07, 6.45) is 5.34. The molecule has 2 saturated heterocycles. The van der Waals surface area contributed by atoms with E-state index in [0.29, 0.717) is 6.61 Å². The van der Waals surface area contributed by atoms with Crippen molar-refractivity contribution < 1.29 is 17.3 Å². The zero-order chi connectivity index (χ0) is 21.7. The van der Waals surface area contributed by atoms with Crippen molar-refractivity contribution in [3.05, 3.63) is 65.2 Å². The molecule has 2 bridgehead atoms. The van der Waals surface area contributed by atoms with E-state index in [0.717, 1.165) is 55.2 Å². The number of fused-ring (bicyclic) bond motifs is 3. The molecule has 2 aromatic carbocycles. The van der Waals surface area contributed by atoms with Crippen molar-refractivity contribution in [2.24, 2.45) is 5.41 Å². The quantitative estimate of drug-likeness (QED) is 0.610. The number of nitriles is 1. The van der Waals surface area contributed by atoms with Gasteiger partial charge in [0.1, 0.15) is 0 Å². The molecule has 0 atom stereocenters. The summed E-state index contributed by atoms with van der Waals surface area (Å²) in [4.78, 5) is 0.197. The minimum atomic E-state index is -3.77. The van der Waals surface area contributed by atoms with Gasteiger partial charge in [0, 0.05) is 5.41 Å². The Balaban J connectivity index is 1.25. The molecule has 0 amide bonds. The monoisotopic (exact) mass is 437 g/mol. The van der Waals surface area contributed by atoms with Crippen LogP contribution in [0.2, 0.25) is 0 Å². The van der Waals surface area contributed by atoms with E-state index in [1.54, 1.807) is 24.3 Å². The van der Waals surface area contributed by atoms with Crippen molar-refractivity contribution in [2.45, 2.75) is 61.4 Å². The summed E-state index contributed by atoms with van der Waals surface area (Å²) in [6.45, 7) is 2.58.